The summed E-state index contributed by atoms with van der Waals surface area (Å²) in [5, 5.41) is 22.7. The van der Waals surface area contributed by atoms with E-state index in [0.29, 0.717) is 55.0 Å². The van der Waals surface area contributed by atoms with Crippen molar-refractivity contribution in [1.82, 2.24) is 41.0 Å². The van der Waals surface area contributed by atoms with Crippen molar-refractivity contribution < 1.29 is 66.9 Å². The second-order valence-corrected chi connectivity index (χ2v) is 25.8. The van der Waals surface area contributed by atoms with E-state index in [1.165, 1.54) is 40.1 Å². The molecule has 25 heteroatoms. The fourth-order valence-corrected chi connectivity index (χ4v) is 12.7. The molecule has 7 amide bonds. The summed E-state index contributed by atoms with van der Waals surface area (Å²) in [6, 6.07) is 12.2. The number of amides is 7. The summed E-state index contributed by atoms with van der Waals surface area (Å²) >= 11 is 1.54. The first-order valence-corrected chi connectivity index (χ1v) is 31.2. The fraction of sp³-hybridized carbons (Fsp3) is 0.483. The molecule has 0 bridgehead atoms. The van der Waals surface area contributed by atoms with E-state index in [1.54, 1.807) is 49.8 Å². The van der Waals surface area contributed by atoms with Gasteiger partial charge in [-0.25, -0.2) is 9.37 Å². The number of thiazole rings is 1. The number of ether oxygens (including phenoxy) is 1. The zero-order valence-corrected chi connectivity index (χ0v) is 49.9. The molecule has 0 aliphatic carbocycles. The number of rotatable bonds is 23. The second-order valence-electron chi connectivity index (χ2n) is 23.5. The Bertz CT molecular complexity index is 3360. The van der Waals surface area contributed by atoms with Gasteiger partial charge in [0.05, 0.1) is 34.3 Å². The van der Waals surface area contributed by atoms with Crippen molar-refractivity contribution in [2.75, 3.05) is 13.2 Å². The van der Waals surface area contributed by atoms with E-state index in [1.807, 2.05) is 38.1 Å². The fourth-order valence-electron chi connectivity index (χ4n) is 11.4. The molecule has 0 unspecified atom stereocenters. The van der Waals surface area contributed by atoms with Crippen molar-refractivity contribution in [2.45, 2.75) is 166 Å². The van der Waals surface area contributed by atoms with E-state index < -0.39 is 108 Å². The lowest BCUT2D eigenvalue weighted by Crippen LogP contribution is -2.57. The van der Waals surface area contributed by atoms with Crippen LogP contribution in [0.15, 0.2) is 72.2 Å². The number of fused-ring (bicyclic) bond motifs is 2. The van der Waals surface area contributed by atoms with Gasteiger partial charge in [0.25, 0.3) is 11.4 Å². The predicted molar refractivity (Wildman–Crippen MR) is 314 cm³/mol. The monoisotopic (exact) mass is 1210 g/mol. The van der Waals surface area contributed by atoms with E-state index in [2.05, 4.69) is 31.2 Å². The van der Waals surface area contributed by atoms with Gasteiger partial charge < -0.3 is 61.4 Å². The van der Waals surface area contributed by atoms with Gasteiger partial charge in [-0.1, -0.05) is 70.0 Å². The molecule has 10 N–H and O–H groups in total. The number of nitrogens with two attached hydrogens (primary N) is 1. The molecule has 3 saturated heterocycles. The first-order valence-electron chi connectivity index (χ1n) is 28.7. The molecule has 456 valence electrons. The van der Waals surface area contributed by atoms with Crippen LogP contribution in [-0.4, -0.2) is 137 Å². The number of H-pyrrole nitrogens is 1. The van der Waals surface area contributed by atoms with Gasteiger partial charge in [-0.2, -0.15) is 0 Å². The lowest BCUT2D eigenvalue weighted by Gasteiger charge is -2.35. The number of carbonyl (C=O) groups excluding carboxylic acids is 8. The number of unbranched alkanes of at least 4 members (excludes halogenated alkanes) is 1. The average Bonchev–Trinajstić information content (AvgIpc) is 3.66. The molecule has 3 aliphatic heterocycles. The Balaban J connectivity index is 0.833. The van der Waals surface area contributed by atoms with Crippen LogP contribution >= 0.6 is 18.9 Å². The number of likely N-dealkylation sites (tertiary alicyclic amines) is 1. The third kappa shape index (κ3) is 15.7. The summed E-state index contributed by atoms with van der Waals surface area (Å²) in [5.74, 6) is -4.39. The molecule has 5 aromatic rings. The van der Waals surface area contributed by atoms with Crippen LogP contribution in [-0.2, 0) is 39.8 Å². The lowest BCUT2D eigenvalue weighted by atomic mass is 9.85. The maximum Gasteiger partial charge on any atom is 0.396 e. The van der Waals surface area contributed by atoms with Gasteiger partial charge in [0.1, 0.15) is 36.5 Å². The number of aliphatic hydroxyl groups excluding tert-OH is 1. The molecule has 85 heavy (non-hydrogen) atoms. The van der Waals surface area contributed by atoms with Crippen LogP contribution in [0.25, 0.3) is 21.3 Å². The van der Waals surface area contributed by atoms with Gasteiger partial charge in [-0.3, -0.25) is 42.9 Å². The number of benzene rings is 3. The molecule has 3 fully saturated rings. The number of primary amides is 1. The number of carbonyl (C=O) groups is 8. The standard InChI is InChI=1S/C60H75FN9O13PS/c1-33(35-17-19-37(20-18-35)52-34(2)63-32-85-52)64-56(76)47-29-42(71)30-69(47)58(78)53(60(3,4)5)68-50(73)16-9-6-11-36-12-10-15-48(51(36)61)83-31-40(22-26-49(62)72)65-55(75)46-25-23-41-13-7-8-14-44(57(77)70(41)46)67-54(74)45-28-39-27-38(21-24-43(39)66-45)59(79)84(80,81)82/h10,12,15,17-21,24,27-28,32-33,40-42,44,46-47,53,66,71H,6-9,11,13-14,16,22-23,25-26,29-31H2,1-5H3,(H2,62,72)(H,64,76)(H,65,75)(H,67,74)(H,68,73)(H2,80,81,82)/t33-,40-,41-,42+,44-,46-,47-,53+/m0/s1. The van der Waals surface area contributed by atoms with E-state index in [9.17, 15) is 57.8 Å². The van der Waals surface area contributed by atoms with E-state index in [4.69, 9.17) is 10.5 Å². The second kappa shape index (κ2) is 27.3. The van der Waals surface area contributed by atoms with E-state index >= 15 is 4.39 Å². The number of nitrogens with one attached hydrogen (secondary N) is 5. The van der Waals surface area contributed by atoms with Crippen LogP contribution in [0.1, 0.15) is 148 Å². The number of aromatic nitrogens is 2. The highest BCUT2D eigenvalue weighted by Crippen LogP contribution is 2.40. The number of hydrogen-bond donors (Lipinski definition) is 9. The summed E-state index contributed by atoms with van der Waals surface area (Å²) < 4.78 is 33.7. The van der Waals surface area contributed by atoms with Crippen LogP contribution in [0, 0.1) is 18.2 Å². The van der Waals surface area contributed by atoms with Gasteiger partial charge in [-0.05, 0) is 118 Å². The maximum atomic E-state index is 16.1. The smallest absolute Gasteiger partial charge is 0.396 e. The molecule has 3 aliphatic rings. The third-order valence-corrected chi connectivity index (χ3v) is 17.8. The number of aromatic amines is 1. The van der Waals surface area contributed by atoms with Crippen molar-refractivity contribution in [1.29, 1.82) is 0 Å². The molecular weight excluding hydrogens is 1140 g/mol. The Labute approximate surface area is 495 Å². The Kier molecular flexibility index (Phi) is 20.5. The van der Waals surface area contributed by atoms with Gasteiger partial charge >= 0.3 is 7.60 Å². The van der Waals surface area contributed by atoms with Crippen LogP contribution in [0.3, 0.4) is 0 Å². The highest BCUT2D eigenvalue weighted by Gasteiger charge is 2.46. The van der Waals surface area contributed by atoms with E-state index in [0.717, 1.165) is 28.1 Å². The first kappa shape index (κ1) is 63.6. The molecule has 0 saturated carbocycles. The number of halogens is 1. The van der Waals surface area contributed by atoms with E-state index in [-0.39, 0.29) is 74.7 Å². The number of hydrogen-bond acceptors (Lipinski definition) is 13. The lowest BCUT2D eigenvalue weighted by molar-refractivity contribution is -0.144. The Hall–Kier alpha value is -7.37. The Morgan fingerprint density at radius 3 is 2.34 bits per heavy atom. The minimum absolute atomic E-state index is 0.00829. The first-order chi connectivity index (χ1) is 40.3. The molecule has 0 spiro atoms. The molecule has 2 aromatic heterocycles. The maximum absolute atomic E-state index is 16.1. The van der Waals surface area contributed by atoms with Crippen LogP contribution in [0.2, 0.25) is 0 Å². The number of nitrogens with zero attached hydrogens (tertiary/aromatic N) is 3. The van der Waals surface area contributed by atoms with Crippen molar-refractivity contribution >= 4 is 76.7 Å². The molecule has 0 radical (unpaired) electrons. The normalized spacial score (nSPS) is 20.2. The zero-order chi connectivity index (χ0) is 61.5. The van der Waals surface area contributed by atoms with Crippen molar-refractivity contribution in [3.63, 3.8) is 0 Å². The molecule has 5 heterocycles. The van der Waals surface area contributed by atoms with Gasteiger partial charge in [0, 0.05) is 48.3 Å². The number of β-amino-alcohol motifs (C(OH)–C–C–N with tert-alkyl or cyclic N) is 1. The minimum atomic E-state index is -5.06. The largest absolute Gasteiger partial charge is 0.488 e. The average molecular weight is 1210 g/mol. The van der Waals surface area contributed by atoms with Crippen molar-refractivity contribution in [3.05, 3.63) is 106 Å². The van der Waals surface area contributed by atoms with Gasteiger partial charge in [0.15, 0.2) is 11.6 Å². The Morgan fingerprint density at radius 1 is 0.918 bits per heavy atom. The SMILES string of the molecule is Cc1ncsc1-c1ccc([C@H](C)NC(=O)[C@@H]2C[C@@H](O)CN2C(=O)[C@@H](NC(=O)CCCCc2cccc(OC[C@H](CCC(N)=O)NC(=O)[C@@H]3CC[C@@H]4CCCC[C@H](NC(=O)c5cc6cc(C(=O)P(=O)(O)O)ccc6[nH]5)C(=O)N43)c2F)C(C)(C)C)cc1. The Morgan fingerprint density at radius 2 is 1.65 bits per heavy atom. The number of aryl methyl sites for hydroxylation is 2. The molecule has 8 rings (SSSR count). The molecule has 3 aromatic carbocycles. The van der Waals surface area contributed by atoms with Crippen molar-refractivity contribution in [3.8, 4) is 16.2 Å². The molecule has 8 atom stereocenters. The van der Waals surface area contributed by atoms with Crippen LogP contribution in [0.5, 0.6) is 5.75 Å². The zero-order valence-electron chi connectivity index (χ0n) is 48.2. The van der Waals surface area contributed by atoms with Crippen molar-refractivity contribution in [2.24, 2.45) is 11.1 Å². The summed E-state index contributed by atoms with van der Waals surface area (Å²) in [6.45, 7) is 8.85. The highest BCUT2D eigenvalue weighted by atomic mass is 32.1. The number of aliphatic hydroxyl groups is 1. The van der Waals surface area contributed by atoms with Gasteiger partial charge in [-0.15, -0.1) is 11.3 Å². The summed E-state index contributed by atoms with van der Waals surface area (Å²) in [6.07, 6.45) is 2.99. The van der Waals surface area contributed by atoms with Crippen LogP contribution in [0.4, 0.5) is 4.39 Å². The quantitative estimate of drug-likeness (QED) is 0.0268. The van der Waals surface area contributed by atoms with Crippen LogP contribution < -0.4 is 31.7 Å². The molecular formula is C60H75FN9O13PS. The predicted octanol–water partition coefficient (Wildman–Crippen LogP) is 6.00. The highest BCUT2D eigenvalue weighted by molar-refractivity contribution is 7.70. The summed E-state index contributed by atoms with van der Waals surface area (Å²) in [4.78, 5) is 138. The molecule has 22 nitrogen and oxygen atoms in total. The minimum Gasteiger partial charge on any atom is -0.488 e. The third-order valence-electron chi connectivity index (χ3n) is 16.0. The summed E-state index contributed by atoms with van der Waals surface area (Å²) in [7, 11) is -5.06. The van der Waals surface area contributed by atoms with Gasteiger partial charge in [0.2, 0.25) is 35.4 Å². The topological polar surface area (TPSA) is 333 Å². The summed E-state index contributed by atoms with van der Waals surface area (Å²) in [5.41, 5.74) is 8.45.